The van der Waals surface area contributed by atoms with Crippen molar-refractivity contribution in [1.82, 2.24) is 0 Å². The number of carbonyl (C=O) groups is 1. The third-order valence-electron chi connectivity index (χ3n) is 2.90. The highest BCUT2D eigenvalue weighted by Crippen LogP contribution is 2.21. The Hall–Kier alpha value is -0.960. The molecule has 1 rings (SSSR count). The van der Waals surface area contributed by atoms with Crippen molar-refractivity contribution in [2.24, 2.45) is 5.92 Å². The van der Waals surface area contributed by atoms with E-state index in [9.17, 15) is 9.90 Å². The first-order valence-electron chi connectivity index (χ1n) is 6.51. The van der Waals surface area contributed by atoms with Crippen LogP contribution >= 0.6 is 11.8 Å². The Morgan fingerprint density at radius 3 is 2.56 bits per heavy atom. The Balaban J connectivity index is 2.48. The standard InChI is InChI=1S/C15H22O2S/c1-3-7-12(2)11-18-14(15(16)17)10-13-8-5-4-6-9-13/h4-6,8-9,12,14H,3,7,10-11H2,1-2H3,(H,16,17). The van der Waals surface area contributed by atoms with Crippen molar-refractivity contribution in [2.75, 3.05) is 5.75 Å². The number of thioether (sulfide) groups is 1. The van der Waals surface area contributed by atoms with Crippen LogP contribution in [0.3, 0.4) is 0 Å². The molecule has 0 bridgehead atoms. The second kappa shape index (κ2) is 8.20. The van der Waals surface area contributed by atoms with Crippen LogP contribution in [0.2, 0.25) is 0 Å². The highest BCUT2D eigenvalue weighted by molar-refractivity contribution is 8.00. The summed E-state index contributed by atoms with van der Waals surface area (Å²) in [5.41, 5.74) is 1.10. The molecule has 1 aromatic carbocycles. The largest absolute Gasteiger partial charge is 0.480 e. The minimum Gasteiger partial charge on any atom is -0.480 e. The van der Waals surface area contributed by atoms with Crippen molar-refractivity contribution >= 4 is 17.7 Å². The molecule has 0 aromatic heterocycles. The van der Waals surface area contributed by atoms with E-state index in [4.69, 9.17) is 0 Å². The summed E-state index contributed by atoms with van der Waals surface area (Å²) in [6.45, 7) is 4.36. The first kappa shape index (κ1) is 15.1. The summed E-state index contributed by atoms with van der Waals surface area (Å²) in [5.74, 6) is 0.822. The molecule has 2 unspecified atom stereocenters. The van der Waals surface area contributed by atoms with E-state index >= 15 is 0 Å². The molecule has 0 radical (unpaired) electrons. The maximum absolute atomic E-state index is 11.3. The number of aliphatic carboxylic acids is 1. The third kappa shape index (κ3) is 5.58. The van der Waals surface area contributed by atoms with E-state index in [2.05, 4.69) is 13.8 Å². The molecular formula is C15H22O2S. The lowest BCUT2D eigenvalue weighted by Gasteiger charge is -2.15. The molecule has 0 saturated carbocycles. The maximum Gasteiger partial charge on any atom is 0.316 e. The van der Waals surface area contributed by atoms with Crippen LogP contribution in [0, 0.1) is 5.92 Å². The van der Waals surface area contributed by atoms with Crippen LogP contribution in [0.25, 0.3) is 0 Å². The van der Waals surface area contributed by atoms with Crippen molar-refractivity contribution in [3.63, 3.8) is 0 Å². The van der Waals surface area contributed by atoms with Gasteiger partial charge in [-0.3, -0.25) is 4.79 Å². The van der Waals surface area contributed by atoms with E-state index < -0.39 is 5.97 Å². The molecule has 2 atom stereocenters. The van der Waals surface area contributed by atoms with E-state index in [0.717, 1.165) is 17.7 Å². The minimum absolute atomic E-state index is 0.327. The summed E-state index contributed by atoms with van der Waals surface area (Å²) in [7, 11) is 0. The summed E-state index contributed by atoms with van der Waals surface area (Å²) < 4.78 is 0. The molecule has 1 aromatic rings. The predicted octanol–water partition coefficient (Wildman–Crippen LogP) is 3.85. The first-order valence-corrected chi connectivity index (χ1v) is 7.56. The SMILES string of the molecule is CCCC(C)CSC(Cc1ccccc1)C(=O)O. The lowest BCUT2D eigenvalue weighted by atomic mass is 10.1. The summed E-state index contributed by atoms with van der Waals surface area (Å²) in [4.78, 5) is 11.3. The molecule has 100 valence electrons. The zero-order valence-electron chi connectivity index (χ0n) is 11.1. The lowest BCUT2D eigenvalue weighted by Crippen LogP contribution is -2.20. The number of carboxylic acid groups (broad SMARTS) is 1. The number of carboxylic acids is 1. The molecule has 0 aliphatic rings. The van der Waals surface area contributed by atoms with Crippen LogP contribution in [0.15, 0.2) is 30.3 Å². The van der Waals surface area contributed by atoms with Crippen molar-refractivity contribution < 1.29 is 9.90 Å². The number of hydrogen-bond acceptors (Lipinski definition) is 2. The molecule has 18 heavy (non-hydrogen) atoms. The van der Waals surface area contributed by atoms with Crippen LogP contribution in [-0.2, 0) is 11.2 Å². The molecule has 0 amide bonds. The minimum atomic E-state index is -0.701. The van der Waals surface area contributed by atoms with E-state index in [1.807, 2.05) is 30.3 Å². The fourth-order valence-corrected chi connectivity index (χ4v) is 3.08. The Morgan fingerprint density at radius 1 is 1.33 bits per heavy atom. The number of benzene rings is 1. The van der Waals surface area contributed by atoms with Gasteiger partial charge in [0.05, 0.1) is 0 Å². The topological polar surface area (TPSA) is 37.3 Å². The van der Waals surface area contributed by atoms with Gasteiger partial charge in [0.2, 0.25) is 0 Å². The zero-order valence-corrected chi connectivity index (χ0v) is 12.0. The van der Waals surface area contributed by atoms with E-state index in [1.54, 1.807) is 11.8 Å². The second-order valence-corrected chi connectivity index (χ2v) is 5.98. The van der Waals surface area contributed by atoms with Crippen LogP contribution < -0.4 is 0 Å². The summed E-state index contributed by atoms with van der Waals surface area (Å²) in [6, 6.07) is 9.85. The highest BCUT2D eigenvalue weighted by Gasteiger charge is 2.19. The molecule has 2 nitrogen and oxygen atoms in total. The van der Waals surface area contributed by atoms with Gasteiger partial charge in [-0.2, -0.15) is 0 Å². The zero-order chi connectivity index (χ0) is 13.4. The molecule has 0 fully saturated rings. The molecule has 0 saturated heterocycles. The average Bonchev–Trinajstić information content (AvgIpc) is 2.35. The Morgan fingerprint density at radius 2 is 2.00 bits per heavy atom. The summed E-state index contributed by atoms with van der Waals surface area (Å²) >= 11 is 1.57. The van der Waals surface area contributed by atoms with E-state index in [0.29, 0.717) is 12.3 Å². The fraction of sp³-hybridized carbons (Fsp3) is 0.533. The Kier molecular flexibility index (Phi) is 6.88. The van der Waals surface area contributed by atoms with Gasteiger partial charge in [-0.1, -0.05) is 57.0 Å². The fourth-order valence-electron chi connectivity index (χ4n) is 1.90. The van der Waals surface area contributed by atoms with Crippen LogP contribution in [0.1, 0.15) is 32.3 Å². The second-order valence-electron chi connectivity index (χ2n) is 4.74. The molecule has 3 heteroatoms. The lowest BCUT2D eigenvalue weighted by molar-refractivity contribution is -0.136. The van der Waals surface area contributed by atoms with Gasteiger partial charge in [0.25, 0.3) is 0 Å². The molecule has 0 aliphatic heterocycles. The predicted molar refractivity (Wildman–Crippen MR) is 78.1 cm³/mol. The smallest absolute Gasteiger partial charge is 0.316 e. The van der Waals surface area contributed by atoms with Crippen LogP contribution in [0.4, 0.5) is 0 Å². The Bertz CT molecular complexity index is 351. The van der Waals surface area contributed by atoms with Crippen molar-refractivity contribution in [3.8, 4) is 0 Å². The maximum atomic E-state index is 11.3. The van der Waals surface area contributed by atoms with E-state index in [1.165, 1.54) is 6.42 Å². The van der Waals surface area contributed by atoms with Gasteiger partial charge >= 0.3 is 5.97 Å². The van der Waals surface area contributed by atoms with Gasteiger partial charge in [0, 0.05) is 0 Å². The van der Waals surface area contributed by atoms with Gasteiger partial charge in [-0.25, -0.2) is 0 Å². The molecule has 0 aliphatic carbocycles. The molecule has 1 N–H and O–H groups in total. The Labute approximate surface area is 114 Å². The quantitative estimate of drug-likeness (QED) is 0.776. The molecule has 0 heterocycles. The number of rotatable bonds is 8. The summed E-state index contributed by atoms with van der Waals surface area (Å²) in [5, 5.41) is 8.93. The highest BCUT2D eigenvalue weighted by atomic mass is 32.2. The third-order valence-corrected chi connectivity index (χ3v) is 4.43. The first-order chi connectivity index (χ1) is 8.63. The van der Waals surface area contributed by atoms with Gasteiger partial charge in [-0.05, 0) is 23.7 Å². The van der Waals surface area contributed by atoms with E-state index in [-0.39, 0.29) is 5.25 Å². The van der Waals surface area contributed by atoms with Crippen molar-refractivity contribution in [3.05, 3.63) is 35.9 Å². The monoisotopic (exact) mass is 266 g/mol. The summed E-state index contributed by atoms with van der Waals surface area (Å²) in [6.07, 6.45) is 2.95. The van der Waals surface area contributed by atoms with Crippen LogP contribution in [0.5, 0.6) is 0 Å². The normalized spacial score (nSPS) is 14.1. The van der Waals surface area contributed by atoms with Crippen molar-refractivity contribution in [1.29, 1.82) is 0 Å². The van der Waals surface area contributed by atoms with Gasteiger partial charge < -0.3 is 5.11 Å². The average molecular weight is 266 g/mol. The van der Waals surface area contributed by atoms with Gasteiger partial charge in [0.1, 0.15) is 5.25 Å². The molecular weight excluding hydrogens is 244 g/mol. The number of hydrogen-bond donors (Lipinski definition) is 1. The molecule has 0 spiro atoms. The van der Waals surface area contributed by atoms with Crippen LogP contribution in [-0.4, -0.2) is 22.1 Å². The van der Waals surface area contributed by atoms with Crippen molar-refractivity contribution in [2.45, 2.75) is 38.4 Å². The van der Waals surface area contributed by atoms with Gasteiger partial charge in [0.15, 0.2) is 0 Å². The van der Waals surface area contributed by atoms with Gasteiger partial charge in [-0.15, -0.1) is 11.8 Å².